The molecule has 5 heteroatoms. The van der Waals surface area contributed by atoms with E-state index in [-0.39, 0.29) is 6.42 Å². The third kappa shape index (κ3) is 6.12. The number of hydrogen-bond acceptors (Lipinski definition) is 3. The zero-order chi connectivity index (χ0) is 14.1. The molecule has 0 bridgehead atoms. The largest absolute Gasteiger partial charge is 0.481 e. The van der Waals surface area contributed by atoms with Gasteiger partial charge in [-0.2, -0.15) is 5.26 Å². The number of nitrogens with one attached hydrogen (secondary N) is 1. The van der Waals surface area contributed by atoms with E-state index in [2.05, 4.69) is 11.4 Å². The second-order valence-electron chi connectivity index (χ2n) is 4.29. The lowest BCUT2D eigenvalue weighted by Gasteiger charge is -2.08. The van der Waals surface area contributed by atoms with Crippen LogP contribution in [0.4, 0.5) is 5.69 Å². The van der Waals surface area contributed by atoms with Gasteiger partial charge in [0.1, 0.15) is 6.07 Å². The lowest BCUT2D eigenvalue weighted by molar-refractivity contribution is -0.137. The Morgan fingerprint density at radius 3 is 2.74 bits per heavy atom. The summed E-state index contributed by atoms with van der Waals surface area (Å²) in [4.78, 5) is 10.3. The van der Waals surface area contributed by atoms with Crippen molar-refractivity contribution in [1.29, 1.82) is 5.26 Å². The number of halogens is 1. The molecule has 0 heterocycles. The standard InChI is InChI=1S/C14H17ClN2O2/c15-12-6-7-13(11(9-12)10-16)17-8-4-2-1-3-5-14(18)19/h6-7,9,17H,1-5,8H2,(H,18,19). The molecule has 0 fully saturated rings. The van der Waals surface area contributed by atoms with Crippen molar-refractivity contribution >= 4 is 23.3 Å². The van der Waals surface area contributed by atoms with E-state index < -0.39 is 5.97 Å². The van der Waals surface area contributed by atoms with E-state index in [1.807, 2.05) is 0 Å². The summed E-state index contributed by atoms with van der Waals surface area (Å²) in [5.74, 6) is -0.738. The normalized spacial score (nSPS) is 9.89. The minimum absolute atomic E-state index is 0.239. The summed E-state index contributed by atoms with van der Waals surface area (Å²) < 4.78 is 0. The maximum absolute atomic E-state index is 10.3. The summed E-state index contributed by atoms with van der Waals surface area (Å²) in [6.07, 6.45) is 3.81. The molecule has 1 aromatic carbocycles. The average Bonchev–Trinajstić information content (AvgIpc) is 2.38. The number of unbranched alkanes of at least 4 members (excludes halogenated alkanes) is 3. The lowest BCUT2D eigenvalue weighted by atomic mass is 10.1. The number of anilines is 1. The zero-order valence-electron chi connectivity index (χ0n) is 10.7. The molecule has 0 radical (unpaired) electrons. The van der Waals surface area contributed by atoms with Gasteiger partial charge in [0, 0.05) is 18.0 Å². The number of aliphatic carboxylic acids is 1. The van der Waals surface area contributed by atoms with Crippen LogP contribution in [0.15, 0.2) is 18.2 Å². The summed E-state index contributed by atoms with van der Waals surface area (Å²) in [5, 5.41) is 21.2. The first-order valence-electron chi connectivity index (χ1n) is 6.29. The Kier molecular flexibility index (Phi) is 6.76. The Labute approximate surface area is 118 Å². The fraction of sp³-hybridized carbons (Fsp3) is 0.429. The predicted octanol–water partition coefficient (Wildman–Crippen LogP) is 3.66. The van der Waals surface area contributed by atoms with Crippen LogP contribution in [-0.2, 0) is 4.79 Å². The van der Waals surface area contributed by atoms with Crippen molar-refractivity contribution in [2.75, 3.05) is 11.9 Å². The number of nitriles is 1. The number of benzene rings is 1. The van der Waals surface area contributed by atoms with Gasteiger partial charge in [0.05, 0.1) is 11.3 Å². The van der Waals surface area contributed by atoms with Crippen molar-refractivity contribution in [2.45, 2.75) is 32.1 Å². The van der Waals surface area contributed by atoms with Crippen LogP contribution in [0, 0.1) is 11.3 Å². The molecule has 0 saturated carbocycles. The minimum Gasteiger partial charge on any atom is -0.481 e. The van der Waals surface area contributed by atoms with Crippen molar-refractivity contribution in [3.63, 3.8) is 0 Å². The van der Waals surface area contributed by atoms with Crippen LogP contribution in [0.3, 0.4) is 0 Å². The van der Waals surface area contributed by atoms with E-state index in [0.29, 0.717) is 10.6 Å². The molecule has 0 aliphatic heterocycles. The summed E-state index contributed by atoms with van der Waals surface area (Å²) in [6.45, 7) is 0.767. The molecule has 0 saturated heterocycles. The van der Waals surface area contributed by atoms with E-state index in [9.17, 15) is 4.79 Å². The highest BCUT2D eigenvalue weighted by Crippen LogP contribution is 2.19. The average molecular weight is 281 g/mol. The lowest BCUT2D eigenvalue weighted by Crippen LogP contribution is -2.03. The van der Waals surface area contributed by atoms with Gasteiger partial charge in [0.2, 0.25) is 0 Å². The molecule has 0 amide bonds. The van der Waals surface area contributed by atoms with Gasteiger partial charge in [-0.05, 0) is 31.0 Å². The van der Waals surface area contributed by atoms with Crippen molar-refractivity contribution in [3.8, 4) is 6.07 Å². The molecule has 0 spiro atoms. The Bertz CT molecular complexity index is 469. The van der Waals surface area contributed by atoms with Crippen LogP contribution < -0.4 is 5.32 Å². The van der Waals surface area contributed by atoms with Crippen molar-refractivity contribution < 1.29 is 9.90 Å². The number of nitrogens with zero attached hydrogens (tertiary/aromatic N) is 1. The third-order valence-corrected chi connectivity index (χ3v) is 2.97. The maximum atomic E-state index is 10.3. The molecule has 0 aromatic heterocycles. The van der Waals surface area contributed by atoms with Gasteiger partial charge in [0.25, 0.3) is 0 Å². The van der Waals surface area contributed by atoms with E-state index in [1.54, 1.807) is 18.2 Å². The maximum Gasteiger partial charge on any atom is 0.303 e. The SMILES string of the molecule is N#Cc1cc(Cl)ccc1NCCCCCCC(=O)O. The van der Waals surface area contributed by atoms with Crippen LogP contribution in [-0.4, -0.2) is 17.6 Å². The summed E-state index contributed by atoms with van der Waals surface area (Å²) >= 11 is 5.81. The molecule has 102 valence electrons. The van der Waals surface area contributed by atoms with Crippen molar-refractivity contribution in [1.82, 2.24) is 0 Å². The van der Waals surface area contributed by atoms with Crippen LogP contribution in [0.2, 0.25) is 5.02 Å². The smallest absolute Gasteiger partial charge is 0.303 e. The van der Waals surface area contributed by atoms with Gasteiger partial charge in [-0.25, -0.2) is 0 Å². The number of rotatable bonds is 8. The second-order valence-corrected chi connectivity index (χ2v) is 4.72. The molecule has 0 atom stereocenters. The van der Waals surface area contributed by atoms with Crippen LogP contribution >= 0.6 is 11.6 Å². The van der Waals surface area contributed by atoms with E-state index in [1.165, 1.54) is 0 Å². The molecule has 1 rings (SSSR count). The highest BCUT2D eigenvalue weighted by atomic mass is 35.5. The molecule has 0 unspecified atom stereocenters. The van der Waals surface area contributed by atoms with Gasteiger partial charge < -0.3 is 10.4 Å². The first-order chi connectivity index (χ1) is 9.13. The summed E-state index contributed by atoms with van der Waals surface area (Å²) in [7, 11) is 0. The van der Waals surface area contributed by atoms with E-state index in [0.717, 1.165) is 37.9 Å². The van der Waals surface area contributed by atoms with Gasteiger partial charge in [-0.3, -0.25) is 4.79 Å². The van der Waals surface area contributed by atoms with Crippen LogP contribution in [0.1, 0.15) is 37.7 Å². The van der Waals surface area contributed by atoms with Gasteiger partial charge >= 0.3 is 5.97 Å². The zero-order valence-corrected chi connectivity index (χ0v) is 11.4. The Morgan fingerprint density at radius 2 is 2.05 bits per heavy atom. The molecular weight excluding hydrogens is 264 g/mol. The third-order valence-electron chi connectivity index (χ3n) is 2.73. The number of hydrogen-bond donors (Lipinski definition) is 2. The summed E-state index contributed by atoms with van der Waals surface area (Å²) in [5.41, 5.74) is 1.33. The second kappa shape index (κ2) is 8.39. The Morgan fingerprint density at radius 1 is 1.32 bits per heavy atom. The molecule has 0 aliphatic carbocycles. The first kappa shape index (κ1) is 15.3. The van der Waals surface area contributed by atoms with Crippen LogP contribution in [0.5, 0.6) is 0 Å². The number of carbonyl (C=O) groups is 1. The van der Waals surface area contributed by atoms with Crippen LogP contribution in [0.25, 0.3) is 0 Å². The predicted molar refractivity (Wildman–Crippen MR) is 75.4 cm³/mol. The first-order valence-corrected chi connectivity index (χ1v) is 6.66. The molecule has 0 aliphatic rings. The summed E-state index contributed by atoms with van der Waals surface area (Å²) in [6, 6.07) is 7.28. The van der Waals surface area contributed by atoms with Gasteiger partial charge in [0.15, 0.2) is 0 Å². The molecule has 2 N–H and O–H groups in total. The fourth-order valence-corrected chi connectivity index (χ4v) is 1.91. The Hall–Kier alpha value is -1.73. The van der Waals surface area contributed by atoms with Crippen molar-refractivity contribution in [2.24, 2.45) is 0 Å². The van der Waals surface area contributed by atoms with E-state index in [4.69, 9.17) is 22.0 Å². The monoisotopic (exact) mass is 280 g/mol. The van der Waals surface area contributed by atoms with Gasteiger partial charge in [-0.1, -0.05) is 24.4 Å². The molecule has 1 aromatic rings. The molecular formula is C14H17ClN2O2. The molecule has 4 nitrogen and oxygen atoms in total. The number of carboxylic acid groups (broad SMARTS) is 1. The topological polar surface area (TPSA) is 73.1 Å². The van der Waals surface area contributed by atoms with Gasteiger partial charge in [-0.15, -0.1) is 0 Å². The highest BCUT2D eigenvalue weighted by Gasteiger charge is 2.02. The quantitative estimate of drug-likeness (QED) is 0.713. The molecule has 19 heavy (non-hydrogen) atoms. The minimum atomic E-state index is -0.738. The Balaban J connectivity index is 2.23. The van der Waals surface area contributed by atoms with Crippen molar-refractivity contribution in [3.05, 3.63) is 28.8 Å². The number of carboxylic acids is 1. The highest BCUT2D eigenvalue weighted by molar-refractivity contribution is 6.30. The van der Waals surface area contributed by atoms with E-state index >= 15 is 0 Å². The fourth-order valence-electron chi connectivity index (χ4n) is 1.74.